The molecule has 1 N–H and O–H groups in total. The maximum atomic E-state index is 15.4. The lowest BCUT2D eigenvalue weighted by Gasteiger charge is -2.29. The minimum absolute atomic E-state index is 0.0433. The van der Waals surface area contributed by atoms with Crippen molar-refractivity contribution in [3.63, 3.8) is 0 Å². The lowest BCUT2D eigenvalue weighted by Crippen LogP contribution is -2.15. The number of benzene rings is 2. The van der Waals surface area contributed by atoms with Gasteiger partial charge in [0.05, 0.1) is 17.2 Å². The first kappa shape index (κ1) is 18.1. The molecule has 1 saturated carbocycles. The molecule has 0 bridgehead atoms. The summed E-state index contributed by atoms with van der Waals surface area (Å²) in [4.78, 5) is 11.6. The standard InChI is InChI=1S/C22H22FNO2/c1-2-14-3-7-16(8-4-14)18-11-12-19(22(25)26)20(21(18)23)17-9-5-15(13-24)6-10-17/h5-6,9-12,14,16H,2-4,7-8H2,1H3,(H,25,26). The average molecular weight is 351 g/mol. The first-order chi connectivity index (χ1) is 12.5. The summed E-state index contributed by atoms with van der Waals surface area (Å²) in [6.07, 6.45) is 5.22. The summed E-state index contributed by atoms with van der Waals surface area (Å²) in [5, 5.41) is 18.4. The molecule has 1 aliphatic carbocycles. The maximum Gasteiger partial charge on any atom is 0.336 e. The van der Waals surface area contributed by atoms with Crippen molar-refractivity contribution in [1.82, 2.24) is 0 Å². The van der Waals surface area contributed by atoms with E-state index in [4.69, 9.17) is 5.26 Å². The van der Waals surface area contributed by atoms with E-state index in [1.54, 1.807) is 30.3 Å². The number of hydrogen-bond acceptors (Lipinski definition) is 2. The monoisotopic (exact) mass is 351 g/mol. The number of carbonyl (C=O) groups is 1. The third kappa shape index (κ3) is 3.48. The summed E-state index contributed by atoms with van der Waals surface area (Å²) in [6, 6.07) is 11.6. The minimum atomic E-state index is -1.15. The molecule has 26 heavy (non-hydrogen) atoms. The molecule has 3 rings (SSSR count). The number of nitrogens with zero attached hydrogens (tertiary/aromatic N) is 1. The van der Waals surface area contributed by atoms with Crippen molar-refractivity contribution < 1.29 is 14.3 Å². The van der Waals surface area contributed by atoms with Crippen LogP contribution in [0.5, 0.6) is 0 Å². The minimum Gasteiger partial charge on any atom is -0.478 e. The first-order valence-corrected chi connectivity index (χ1v) is 9.11. The van der Waals surface area contributed by atoms with E-state index in [9.17, 15) is 9.90 Å². The Labute approximate surface area is 153 Å². The fraction of sp³-hybridized carbons (Fsp3) is 0.364. The number of rotatable bonds is 4. The second-order valence-corrected chi connectivity index (χ2v) is 7.01. The fourth-order valence-corrected chi connectivity index (χ4v) is 3.96. The first-order valence-electron chi connectivity index (χ1n) is 9.11. The van der Waals surface area contributed by atoms with Gasteiger partial charge in [-0.2, -0.15) is 5.26 Å². The molecule has 0 radical (unpaired) electrons. The molecule has 1 aliphatic rings. The van der Waals surface area contributed by atoms with Crippen molar-refractivity contribution in [2.45, 2.75) is 44.9 Å². The van der Waals surface area contributed by atoms with E-state index < -0.39 is 11.8 Å². The molecule has 0 atom stereocenters. The van der Waals surface area contributed by atoms with Crippen LogP contribution in [-0.2, 0) is 0 Å². The van der Waals surface area contributed by atoms with Gasteiger partial charge in [0.25, 0.3) is 0 Å². The van der Waals surface area contributed by atoms with E-state index in [1.807, 2.05) is 6.07 Å². The van der Waals surface area contributed by atoms with Crippen LogP contribution in [0.15, 0.2) is 36.4 Å². The highest BCUT2D eigenvalue weighted by atomic mass is 19.1. The molecule has 0 aliphatic heterocycles. The van der Waals surface area contributed by atoms with Gasteiger partial charge < -0.3 is 5.11 Å². The number of carboxylic acid groups (broad SMARTS) is 1. The predicted octanol–water partition coefficient (Wildman–Crippen LogP) is 5.75. The topological polar surface area (TPSA) is 61.1 Å². The molecular formula is C22H22FNO2. The van der Waals surface area contributed by atoms with E-state index in [-0.39, 0.29) is 17.0 Å². The molecule has 0 unspecified atom stereocenters. The summed E-state index contributed by atoms with van der Waals surface area (Å²) < 4.78 is 15.4. The molecule has 0 saturated heterocycles. The third-order valence-electron chi connectivity index (χ3n) is 5.57. The van der Waals surface area contributed by atoms with Crippen molar-refractivity contribution in [1.29, 1.82) is 5.26 Å². The van der Waals surface area contributed by atoms with Crippen molar-refractivity contribution in [2.75, 3.05) is 0 Å². The average Bonchev–Trinajstić information content (AvgIpc) is 2.68. The predicted molar refractivity (Wildman–Crippen MR) is 98.5 cm³/mol. The largest absolute Gasteiger partial charge is 0.478 e. The second kappa shape index (κ2) is 7.70. The third-order valence-corrected chi connectivity index (χ3v) is 5.57. The van der Waals surface area contributed by atoms with Gasteiger partial charge >= 0.3 is 5.97 Å². The van der Waals surface area contributed by atoms with E-state index in [2.05, 4.69) is 6.92 Å². The number of nitriles is 1. The SMILES string of the molecule is CCC1CCC(c2ccc(C(=O)O)c(-c3ccc(C#N)cc3)c2F)CC1. The Morgan fingerprint density at radius 3 is 2.35 bits per heavy atom. The van der Waals surface area contributed by atoms with Crippen LogP contribution in [0.3, 0.4) is 0 Å². The van der Waals surface area contributed by atoms with Gasteiger partial charge in [0.2, 0.25) is 0 Å². The van der Waals surface area contributed by atoms with Crippen molar-refractivity contribution in [3.8, 4) is 17.2 Å². The van der Waals surface area contributed by atoms with Gasteiger partial charge in [-0.1, -0.05) is 31.5 Å². The van der Waals surface area contributed by atoms with Crippen LogP contribution in [0.2, 0.25) is 0 Å². The molecule has 0 spiro atoms. The number of carboxylic acids is 1. The number of aromatic carboxylic acids is 1. The van der Waals surface area contributed by atoms with Crippen LogP contribution in [0.25, 0.3) is 11.1 Å². The summed E-state index contributed by atoms with van der Waals surface area (Å²) >= 11 is 0. The Bertz CT molecular complexity index is 844. The van der Waals surface area contributed by atoms with E-state index in [0.29, 0.717) is 22.6 Å². The Hall–Kier alpha value is -2.67. The second-order valence-electron chi connectivity index (χ2n) is 7.01. The van der Waals surface area contributed by atoms with Crippen LogP contribution < -0.4 is 0 Å². The van der Waals surface area contributed by atoms with E-state index in [0.717, 1.165) is 32.1 Å². The van der Waals surface area contributed by atoms with Crippen molar-refractivity contribution >= 4 is 5.97 Å². The summed E-state index contributed by atoms with van der Waals surface area (Å²) in [6.45, 7) is 2.19. The summed E-state index contributed by atoms with van der Waals surface area (Å²) in [5.74, 6) is -0.734. The lowest BCUT2D eigenvalue weighted by molar-refractivity contribution is 0.0697. The molecule has 134 valence electrons. The molecule has 0 amide bonds. The van der Waals surface area contributed by atoms with Crippen LogP contribution >= 0.6 is 0 Å². The quantitative estimate of drug-likeness (QED) is 0.763. The Morgan fingerprint density at radius 1 is 1.15 bits per heavy atom. The normalized spacial score (nSPS) is 19.7. The molecule has 3 nitrogen and oxygen atoms in total. The molecule has 2 aromatic rings. The smallest absolute Gasteiger partial charge is 0.336 e. The van der Waals surface area contributed by atoms with Gasteiger partial charge in [-0.3, -0.25) is 0 Å². The lowest BCUT2D eigenvalue weighted by atomic mass is 9.77. The van der Waals surface area contributed by atoms with E-state index in [1.165, 1.54) is 6.07 Å². The van der Waals surface area contributed by atoms with Crippen LogP contribution in [0.1, 0.15) is 66.4 Å². The van der Waals surface area contributed by atoms with Crippen LogP contribution in [-0.4, -0.2) is 11.1 Å². The molecule has 2 aromatic carbocycles. The molecule has 0 heterocycles. The van der Waals surface area contributed by atoms with Gasteiger partial charge in [-0.05, 0) is 66.8 Å². The zero-order chi connectivity index (χ0) is 18.7. The van der Waals surface area contributed by atoms with E-state index >= 15 is 4.39 Å². The van der Waals surface area contributed by atoms with Gasteiger partial charge in [0.1, 0.15) is 5.82 Å². The van der Waals surface area contributed by atoms with Gasteiger partial charge in [0.15, 0.2) is 0 Å². The fourth-order valence-electron chi connectivity index (χ4n) is 3.96. The highest BCUT2D eigenvalue weighted by Crippen LogP contribution is 2.40. The zero-order valence-corrected chi connectivity index (χ0v) is 14.8. The van der Waals surface area contributed by atoms with Gasteiger partial charge in [0, 0.05) is 5.56 Å². The molecule has 4 heteroatoms. The Morgan fingerprint density at radius 2 is 1.81 bits per heavy atom. The van der Waals surface area contributed by atoms with Crippen LogP contribution in [0.4, 0.5) is 4.39 Å². The maximum absolute atomic E-state index is 15.4. The number of hydrogen-bond donors (Lipinski definition) is 1. The Balaban J connectivity index is 2.04. The van der Waals surface area contributed by atoms with Gasteiger partial charge in [-0.25, -0.2) is 9.18 Å². The zero-order valence-electron chi connectivity index (χ0n) is 14.8. The highest BCUT2D eigenvalue weighted by Gasteiger charge is 2.27. The summed E-state index contributed by atoms with van der Waals surface area (Å²) in [5.41, 5.74) is 1.64. The molecule has 1 fully saturated rings. The number of halogens is 1. The summed E-state index contributed by atoms with van der Waals surface area (Å²) in [7, 11) is 0. The Kier molecular flexibility index (Phi) is 5.37. The van der Waals surface area contributed by atoms with Gasteiger partial charge in [-0.15, -0.1) is 0 Å². The van der Waals surface area contributed by atoms with Crippen LogP contribution in [0, 0.1) is 23.1 Å². The highest BCUT2D eigenvalue weighted by molar-refractivity contribution is 5.96. The van der Waals surface area contributed by atoms with Crippen molar-refractivity contribution in [2.24, 2.45) is 5.92 Å². The molecular weight excluding hydrogens is 329 g/mol. The molecule has 0 aromatic heterocycles. The van der Waals surface area contributed by atoms with Crippen molar-refractivity contribution in [3.05, 3.63) is 58.9 Å².